The standard InChI is InChI=1S/C21H18F2N2O5S/c1-29-18-12-17(25-31(27,28)20-10-14(22)8-9-15(20)23)19(30-2)11-16(18)24-21(26)13-6-4-3-5-7-13/h3-12,25H,1-2H3,(H,24,26). The number of hydrogen-bond acceptors (Lipinski definition) is 5. The van der Waals surface area contributed by atoms with E-state index < -0.39 is 32.5 Å². The molecule has 162 valence electrons. The Labute approximate surface area is 177 Å². The molecule has 3 aromatic rings. The second-order valence-corrected chi connectivity index (χ2v) is 7.90. The number of hydrogen-bond donors (Lipinski definition) is 2. The summed E-state index contributed by atoms with van der Waals surface area (Å²) in [6.07, 6.45) is 0. The number of amides is 1. The van der Waals surface area contributed by atoms with Crippen molar-refractivity contribution >= 4 is 27.3 Å². The van der Waals surface area contributed by atoms with Crippen molar-refractivity contribution in [2.75, 3.05) is 24.3 Å². The van der Waals surface area contributed by atoms with Crippen LogP contribution in [0.5, 0.6) is 11.5 Å². The number of methoxy groups -OCH3 is 2. The maximum atomic E-state index is 14.0. The highest BCUT2D eigenvalue weighted by molar-refractivity contribution is 7.92. The van der Waals surface area contributed by atoms with Gasteiger partial charge in [0.2, 0.25) is 0 Å². The first-order valence-electron chi connectivity index (χ1n) is 8.85. The summed E-state index contributed by atoms with van der Waals surface area (Å²) in [7, 11) is -1.88. The molecular weight excluding hydrogens is 430 g/mol. The second-order valence-electron chi connectivity index (χ2n) is 6.25. The van der Waals surface area contributed by atoms with Crippen LogP contribution in [0.15, 0.2) is 65.6 Å². The largest absolute Gasteiger partial charge is 0.494 e. The van der Waals surface area contributed by atoms with Gasteiger partial charge in [-0.3, -0.25) is 9.52 Å². The lowest BCUT2D eigenvalue weighted by Gasteiger charge is -2.17. The van der Waals surface area contributed by atoms with Gasteiger partial charge in [0, 0.05) is 17.7 Å². The highest BCUT2D eigenvalue weighted by Gasteiger charge is 2.23. The Balaban J connectivity index is 1.97. The molecule has 7 nitrogen and oxygen atoms in total. The van der Waals surface area contributed by atoms with E-state index in [-0.39, 0.29) is 22.9 Å². The number of rotatable bonds is 7. The third-order valence-electron chi connectivity index (χ3n) is 4.23. The van der Waals surface area contributed by atoms with Crippen LogP contribution in [0, 0.1) is 11.6 Å². The van der Waals surface area contributed by atoms with Crippen LogP contribution in [-0.4, -0.2) is 28.5 Å². The predicted molar refractivity (Wildman–Crippen MR) is 111 cm³/mol. The fraction of sp³-hybridized carbons (Fsp3) is 0.0952. The van der Waals surface area contributed by atoms with Gasteiger partial charge in [-0.25, -0.2) is 17.2 Å². The first-order chi connectivity index (χ1) is 14.7. The number of nitrogens with one attached hydrogen (secondary N) is 2. The first-order valence-corrected chi connectivity index (χ1v) is 10.3. The molecule has 0 saturated heterocycles. The summed E-state index contributed by atoms with van der Waals surface area (Å²) in [5.74, 6) is -2.32. The molecule has 1 amide bonds. The average Bonchev–Trinajstić information content (AvgIpc) is 2.76. The van der Waals surface area contributed by atoms with Crippen LogP contribution in [0.25, 0.3) is 0 Å². The maximum absolute atomic E-state index is 14.0. The quantitative estimate of drug-likeness (QED) is 0.569. The molecule has 3 rings (SSSR count). The van der Waals surface area contributed by atoms with Gasteiger partial charge < -0.3 is 14.8 Å². The van der Waals surface area contributed by atoms with E-state index in [2.05, 4.69) is 10.0 Å². The van der Waals surface area contributed by atoms with Crippen molar-refractivity contribution in [3.63, 3.8) is 0 Å². The van der Waals surface area contributed by atoms with E-state index in [0.29, 0.717) is 17.7 Å². The van der Waals surface area contributed by atoms with Crippen molar-refractivity contribution in [3.8, 4) is 11.5 Å². The predicted octanol–water partition coefficient (Wildman–Crippen LogP) is 4.04. The number of benzene rings is 3. The van der Waals surface area contributed by atoms with Gasteiger partial charge in [0.25, 0.3) is 15.9 Å². The van der Waals surface area contributed by atoms with Crippen LogP contribution in [0.4, 0.5) is 20.2 Å². The van der Waals surface area contributed by atoms with Crippen LogP contribution in [0.3, 0.4) is 0 Å². The number of sulfonamides is 1. The molecule has 0 spiro atoms. The lowest BCUT2D eigenvalue weighted by Crippen LogP contribution is -2.16. The monoisotopic (exact) mass is 448 g/mol. The Morgan fingerprint density at radius 2 is 1.48 bits per heavy atom. The Hall–Kier alpha value is -3.66. The molecule has 0 fully saturated rings. The maximum Gasteiger partial charge on any atom is 0.265 e. The summed E-state index contributed by atoms with van der Waals surface area (Å²) in [4.78, 5) is 11.6. The smallest absolute Gasteiger partial charge is 0.265 e. The SMILES string of the molecule is COc1cc(NS(=O)(=O)c2cc(F)ccc2F)c(OC)cc1NC(=O)c1ccccc1. The van der Waals surface area contributed by atoms with E-state index in [0.717, 1.165) is 6.07 Å². The topological polar surface area (TPSA) is 93.7 Å². The van der Waals surface area contributed by atoms with Crippen molar-refractivity contribution in [1.82, 2.24) is 0 Å². The van der Waals surface area contributed by atoms with Gasteiger partial charge in [0.05, 0.1) is 25.6 Å². The van der Waals surface area contributed by atoms with E-state index in [1.165, 1.54) is 26.4 Å². The van der Waals surface area contributed by atoms with Gasteiger partial charge in [0.15, 0.2) is 0 Å². The number of carbonyl (C=O) groups excluding carboxylic acids is 1. The van der Waals surface area contributed by atoms with Gasteiger partial charge in [-0.15, -0.1) is 0 Å². The number of ether oxygens (including phenoxy) is 2. The minimum atomic E-state index is -4.49. The van der Waals surface area contributed by atoms with Crippen molar-refractivity contribution in [2.24, 2.45) is 0 Å². The van der Waals surface area contributed by atoms with Crippen molar-refractivity contribution in [2.45, 2.75) is 4.90 Å². The van der Waals surface area contributed by atoms with Gasteiger partial charge in [-0.1, -0.05) is 18.2 Å². The summed E-state index contributed by atoms with van der Waals surface area (Å²) >= 11 is 0. The molecule has 0 aliphatic heterocycles. The molecule has 10 heteroatoms. The zero-order valence-electron chi connectivity index (χ0n) is 16.5. The first kappa shape index (κ1) is 22.0. The Morgan fingerprint density at radius 3 is 2.13 bits per heavy atom. The van der Waals surface area contributed by atoms with E-state index in [1.54, 1.807) is 30.3 Å². The minimum Gasteiger partial charge on any atom is -0.494 e. The van der Waals surface area contributed by atoms with Gasteiger partial charge in [0.1, 0.15) is 28.0 Å². The van der Waals surface area contributed by atoms with Crippen molar-refractivity contribution < 1.29 is 31.5 Å². The van der Waals surface area contributed by atoms with Gasteiger partial charge >= 0.3 is 0 Å². The van der Waals surface area contributed by atoms with Gasteiger partial charge in [-0.05, 0) is 30.3 Å². The second kappa shape index (κ2) is 9.00. The van der Waals surface area contributed by atoms with Crippen LogP contribution >= 0.6 is 0 Å². The highest BCUT2D eigenvalue weighted by Crippen LogP contribution is 2.38. The Morgan fingerprint density at radius 1 is 0.871 bits per heavy atom. The number of anilines is 2. The number of halogens is 2. The van der Waals surface area contributed by atoms with Crippen molar-refractivity contribution in [3.05, 3.63) is 77.9 Å². The molecule has 0 radical (unpaired) electrons. The summed E-state index contributed by atoms with van der Waals surface area (Å²) < 4.78 is 65.2. The fourth-order valence-corrected chi connectivity index (χ4v) is 3.89. The zero-order chi connectivity index (χ0) is 22.6. The van der Waals surface area contributed by atoms with E-state index >= 15 is 0 Å². The Kier molecular flexibility index (Phi) is 6.40. The van der Waals surface area contributed by atoms with Crippen LogP contribution in [0.2, 0.25) is 0 Å². The normalized spacial score (nSPS) is 11.0. The fourth-order valence-electron chi connectivity index (χ4n) is 2.74. The van der Waals surface area contributed by atoms with Crippen LogP contribution in [-0.2, 0) is 10.0 Å². The molecule has 0 unspecified atom stereocenters. The molecule has 0 aromatic heterocycles. The molecule has 31 heavy (non-hydrogen) atoms. The molecule has 2 N–H and O–H groups in total. The molecule has 3 aromatic carbocycles. The molecule has 0 atom stereocenters. The molecule has 0 bridgehead atoms. The van der Waals surface area contributed by atoms with E-state index in [9.17, 15) is 22.0 Å². The van der Waals surface area contributed by atoms with Crippen molar-refractivity contribution in [1.29, 1.82) is 0 Å². The third-order valence-corrected chi connectivity index (χ3v) is 5.61. The summed E-state index contributed by atoms with van der Waals surface area (Å²) in [5.41, 5.74) is 0.517. The summed E-state index contributed by atoms with van der Waals surface area (Å²) in [6, 6.07) is 13.1. The van der Waals surface area contributed by atoms with Crippen LogP contribution in [0.1, 0.15) is 10.4 Å². The van der Waals surface area contributed by atoms with Gasteiger partial charge in [-0.2, -0.15) is 0 Å². The Bertz CT molecular complexity index is 1220. The zero-order valence-corrected chi connectivity index (χ0v) is 17.3. The number of carbonyl (C=O) groups is 1. The van der Waals surface area contributed by atoms with Crippen LogP contribution < -0.4 is 19.5 Å². The molecule has 0 saturated carbocycles. The highest BCUT2D eigenvalue weighted by atomic mass is 32.2. The molecule has 0 aliphatic rings. The van der Waals surface area contributed by atoms with E-state index in [4.69, 9.17) is 9.47 Å². The molecule has 0 aliphatic carbocycles. The molecular formula is C21H18F2N2O5S. The lowest BCUT2D eigenvalue weighted by atomic mass is 10.2. The minimum absolute atomic E-state index is 0.0181. The summed E-state index contributed by atoms with van der Waals surface area (Å²) in [6.45, 7) is 0. The van der Waals surface area contributed by atoms with E-state index in [1.807, 2.05) is 0 Å². The average molecular weight is 448 g/mol. The third kappa shape index (κ3) is 4.92. The molecule has 0 heterocycles. The lowest BCUT2D eigenvalue weighted by molar-refractivity contribution is 0.102. The summed E-state index contributed by atoms with van der Waals surface area (Å²) in [5, 5.41) is 2.66.